The average Bonchev–Trinajstić information content (AvgIpc) is 2.59. The van der Waals surface area contributed by atoms with Crippen molar-refractivity contribution in [1.29, 1.82) is 5.26 Å². The zero-order chi connectivity index (χ0) is 16.5. The van der Waals surface area contributed by atoms with Gasteiger partial charge in [0.2, 0.25) is 0 Å². The standard InChI is InChI=1S/C20H31NO2/c1-2-3-5-16-9-13-19(14-10-16)23-20(22)18-11-7-17(8-12-18)6-4-15-21/h4,6,16-19H,2-3,5,7-14H2,1H3/t16-,17-,18-,19-. The first-order valence-electron chi connectivity index (χ1n) is 9.49. The molecule has 3 nitrogen and oxygen atoms in total. The highest BCUT2D eigenvalue weighted by Gasteiger charge is 2.30. The van der Waals surface area contributed by atoms with E-state index in [1.54, 1.807) is 6.08 Å². The summed E-state index contributed by atoms with van der Waals surface area (Å²) in [5.41, 5.74) is 0. The van der Waals surface area contributed by atoms with E-state index in [0.717, 1.165) is 44.4 Å². The molecule has 0 spiro atoms. The molecule has 2 aliphatic carbocycles. The summed E-state index contributed by atoms with van der Waals surface area (Å²) < 4.78 is 5.79. The molecule has 0 aromatic heterocycles. The highest BCUT2D eigenvalue weighted by Crippen LogP contribution is 2.33. The number of rotatable bonds is 6. The van der Waals surface area contributed by atoms with E-state index >= 15 is 0 Å². The van der Waals surface area contributed by atoms with Crippen LogP contribution >= 0.6 is 0 Å². The summed E-state index contributed by atoms with van der Waals surface area (Å²) in [6.45, 7) is 2.25. The Kier molecular flexibility index (Phi) is 7.65. The van der Waals surface area contributed by atoms with Gasteiger partial charge in [-0.1, -0.05) is 32.3 Å². The van der Waals surface area contributed by atoms with Crippen molar-refractivity contribution in [3.63, 3.8) is 0 Å². The normalized spacial score (nSPS) is 31.7. The smallest absolute Gasteiger partial charge is 0.309 e. The molecular formula is C20H31NO2. The van der Waals surface area contributed by atoms with Crippen molar-refractivity contribution in [3.05, 3.63) is 12.2 Å². The van der Waals surface area contributed by atoms with Crippen LogP contribution in [0.2, 0.25) is 0 Å². The molecule has 0 unspecified atom stereocenters. The van der Waals surface area contributed by atoms with Gasteiger partial charge in [-0.15, -0.1) is 0 Å². The van der Waals surface area contributed by atoms with E-state index in [4.69, 9.17) is 10.00 Å². The minimum absolute atomic E-state index is 0.0321. The number of ether oxygens (including phenoxy) is 1. The molecule has 0 radical (unpaired) electrons. The van der Waals surface area contributed by atoms with E-state index in [1.807, 2.05) is 12.1 Å². The van der Waals surface area contributed by atoms with Gasteiger partial charge in [-0.2, -0.15) is 5.26 Å². The van der Waals surface area contributed by atoms with Gasteiger partial charge in [0.1, 0.15) is 6.10 Å². The van der Waals surface area contributed by atoms with Crippen molar-refractivity contribution in [3.8, 4) is 6.07 Å². The quantitative estimate of drug-likeness (QED) is 0.502. The van der Waals surface area contributed by atoms with Gasteiger partial charge < -0.3 is 4.74 Å². The summed E-state index contributed by atoms with van der Waals surface area (Å²) in [4.78, 5) is 12.3. The van der Waals surface area contributed by atoms with Crippen LogP contribution < -0.4 is 0 Å². The summed E-state index contributed by atoms with van der Waals surface area (Å²) >= 11 is 0. The molecule has 128 valence electrons. The third-order valence-corrected chi connectivity index (χ3v) is 5.59. The lowest BCUT2D eigenvalue weighted by Gasteiger charge is -2.31. The molecule has 0 bridgehead atoms. The Morgan fingerprint density at radius 3 is 2.43 bits per heavy atom. The van der Waals surface area contributed by atoms with Gasteiger partial charge in [0.05, 0.1) is 12.0 Å². The second-order valence-electron chi connectivity index (χ2n) is 7.32. The van der Waals surface area contributed by atoms with E-state index in [-0.39, 0.29) is 18.0 Å². The molecule has 0 saturated heterocycles. The Labute approximate surface area is 141 Å². The highest BCUT2D eigenvalue weighted by molar-refractivity contribution is 5.72. The first-order chi connectivity index (χ1) is 11.2. The van der Waals surface area contributed by atoms with Gasteiger partial charge in [0.15, 0.2) is 0 Å². The molecule has 0 heterocycles. The molecule has 2 fully saturated rings. The van der Waals surface area contributed by atoms with Crippen LogP contribution in [0.1, 0.15) is 77.6 Å². The first-order valence-corrected chi connectivity index (χ1v) is 9.49. The number of nitriles is 1. The lowest BCUT2D eigenvalue weighted by atomic mass is 9.81. The number of allylic oxidation sites excluding steroid dienone is 2. The van der Waals surface area contributed by atoms with Crippen molar-refractivity contribution < 1.29 is 9.53 Å². The number of nitrogens with zero attached hydrogens (tertiary/aromatic N) is 1. The van der Waals surface area contributed by atoms with Crippen LogP contribution in [0, 0.1) is 29.1 Å². The summed E-state index contributed by atoms with van der Waals surface area (Å²) in [5.74, 6) is 1.43. The Balaban J connectivity index is 1.66. The van der Waals surface area contributed by atoms with Gasteiger partial charge in [-0.05, 0) is 63.2 Å². The monoisotopic (exact) mass is 317 g/mol. The summed E-state index contributed by atoms with van der Waals surface area (Å²) in [6.07, 6.45) is 16.1. The van der Waals surface area contributed by atoms with Gasteiger partial charge in [-0.25, -0.2) is 0 Å². The lowest BCUT2D eigenvalue weighted by Crippen LogP contribution is -2.30. The number of carbonyl (C=O) groups excluding carboxylic acids is 1. The van der Waals surface area contributed by atoms with Crippen LogP contribution in [0.25, 0.3) is 0 Å². The second kappa shape index (κ2) is 9.75. The van der Waals surface area contributed by atoms with E-state index in [2.05, 4.69) is 6.92 Å². The maximum atomic E-state index is 12.3. The predicted molar refractivity (Wildman–Crippen MR) is 91.6 cm³/mol. The second-order valence-corrected chi connectivity index (χ2v) is 7.32. The molecule has 2 aliphatic rings. The predicted octanol–water partition coefficient (Wildman–Crippen LogP) is 5.16. The Hall–Kier alpha value is -1.30. The largest absolute Gasteiger partial charge is 0.462 e. The average molecular weight is 317 g/mol. The van der Waals surface area contributed by atoms with Crippen LogP contribution in [0.4, 0.5) is 0 Å². The summed E-state index contributed by atoms with van der Waals surface area (Å²) in [7, 11) is 0. The fraction of sp³-hybridized carbons (Fsp3) is 0.800. The number of hydrogen-bond acceptors (Lipinski definition) is 3. The maximum absolute atomic E-state index is 12.3. The maximum Gasteiger partial charge on any atom is 0.309 e. The van der Waals surface area contributed by atoms with Gasteiger partial charge in [0.25, 0.3) is 0 Å². The third kappa shape index (κ3) is 6.01. The minimum atomic E-state index is 0.0321. The number of unbranched alkanes of at least 4 members (excludes halogenated alkanes) is 1. The van der Waals surface area contributed by atoms with Crippen LogP contribution in [0.5, 0.6) is 0 Å². The molecule has 0 aliphatic heterocycles. The molecular weight excluding hydrogens is 286 g/mol. The van der Waals surface area contributed by atoms with Crippen molar-refractivity contribution in [1.82, 2.24) is 0 Å². The molecule has 23 heavy (non-hydrogen) atoms. The molecule has 0 amide bonds. The minimum Gasteiger partial charge on any atom is -0.462 e. The van der Waals surface area contributed by atoms with Crippen molar-refractivity contribution in [2.24, 2.45) is 17.8 Å². The van der Waals surface area contributed by atoms with Crippen molar-refractivity contribution in [2.45, 2.75) is 83.7 Å². The van der Waals surface area contributed by atoms with Gasteiger partial charge in [0, 0.05) is 6.08 Å². The molecule has 2 rings (SSSR count). The summed E-state index contributed by atoms with van der Waals surface area (Å²) in [5, 5.41) is 8.57. The molecule has 0 atom stereocenters. The Morgan fingerprint density at radius 2 is 1.83 bits per heavy atom. The first kappa shape index (κ1) is 18.0. The van der Waals surface area contributed by atoms with Gasteiger partial charge >= 0.3 is 5.97 Å². The molecule has 2 saturated carbocycles. The topological polar surface area (TPSA) is 50.1 Å². The van der Waals surface area contributed by atoms with E-state index < -0.39 is 0 Å². The molecule has 0 aromatic carbocycles. The molecule has 0 N–H and O–H groups in total. The van der Waals surface area contributed by atoms with E-state index in [1.165, 1.54) is 32.1 Å². The number of hydrogen-bond donors (Lipinski definition) is 0. The van der Waals surface area contributed by atoms with E-state index in [9.17, 15) is 4.79 Å². The Morgan fingerprint density at radius 1 is 1.13 bits per heavy atom. The molecule has 0 aromatic rings. The third-order valence-electron chi connectivity index (χ3n) is 5.59. The molecule has 3 heteroatoms. The van der Waals surface area contributed by atoms with Crippen LogP contribution in [0.3, 0.4) is 0 Å². The van der Waals surface area contributed by atoms with Crippen LogP contribution in [-0.2, 0) is 9.53 Å². The highest BCUT2D eigenvalue weighted by atomic mass is 16.5. The van der Waals surface area contributed by atoms with Crippen molar-refractivity contribution in [2.75, 3.05) is 0 Å². The number of esters is 1. The van der Waals surface area contributed by atoms with Crippen LogP contribution in [0.15, 0.2) is 12.2 Å². The zero-order valence-electron chi connectivity index (χ0n) is 14.5. The zero-order valence-corrected chi connectivity index (χ0v) is 14.5. The van der Waals surface area contributed by atoms with E-state index in [0.29, 0.717) is 5.92 Å². The number of carbonyl (C=O) groups is 1. The summed E-state index contributed by atoms with van der Waals surface area (Å²) in [6, 6.07) is 2.05. The van der Waals surface area contributed by atoms with Crippen LogP contribution in [-0.4, -0.2) is 12.1 Å². The SMILES string of the molecule is CCCC[C@H]1CC[C@H](OC(=O)[C@H]2CC[C@H](C=CC#N)CC2)CC1. The Bertz CT molecular complexity index is 421. The lowest BCUT2D eigenvalue weighted by molar-refractivity contribution is -0.157. The van der Waals surface area contributed by atoms with Gasteiger partial charge in [-0.3, -0.25) is 4.79 Å². The fourth-order valence-corrected chi connectivity index (χ4v) is 4.02. The van der Waals surface area contributed by atoms with Crippen molar-refractivity contribution >= 4 is 5.97 Å². The fourth-order valence-electron chi connectivity index (χ4n) is 4.02.